The van der Waals surface area contributed by atoms with Crippen LogP contribution in [0.3, 0.4) is 0 Å². The zero-order chi connectivity index (χ0) is 18.8. The summed E-state index contributed by atoms with van der Waals surface area (Å²) >= 11 is 0. The molecule has 7 nitrogen and oxygen atoms in total. The average Bonchev–Trinajstić information content (AvgIpc) is 2.94. The summed E-state index contributed by atoms with van der Waals surface area (Å²) in [6.45, 7) is 1.05. The number of rotatable bonds is 5. The highest BCUT2D eigenvalue weighted by atomic mass is 32.2. The lowest BCUT2D eigenvalue weighted by molar-refractivity contribution is -0.116. The van der Waals surface area contributed by atoms with Gasteiger partial charge in [0.25, 0.3) is 0 Å². The monoisotopic (exact) mass is 400 g/mol. The van der Waals surface area contributed by atoms with Gasteiger partial charge >= 0.3 is 0 Å². The van der Waals surface area contributed by atoms with E-state index in [2.05, 4.69) is 5.32 Å². The highest BCUT2D eigenvalue weighted by Gasteiger charge is 2.30. The molecular formula is C17H24N2O5S2. The Morgan fingerprint density at radius 3 is 2.58 bits per heavy atom. The third kappa shape index (κ3) is 4.63. The molecule has 2 fully saturated rings. The first-order chi connectivity index (χ1) is 12.3. The van der Waals surface area contributed by atoms with Gasteiger partial charge in [-0.05, 0) is 43.4 Å². The number of hydrogen-bond donors (Lipinski definition) is 1. The first kappa shape index (κ1) is 19.3. The number of carbonyl (C=O) groups is 1. The van der Waals surface area contributed by atoms with Crippen LogP contribution in [0, 0.1) is 5.92 Å². The maximum Gasteiger partial charge on any atom is 0.243 e. The van der Waals surface area contributed by atoms with Gasteiger partial charge in [0.05, 0.1) is 16.4 Å². The molecule has 0 saturated carbocycles. The minimum Gasteiger partial charge on any atom is -0.326 e. The van der Waals surface area contributed by atoms with E-state index >= 15 is 0 Å². The van der Waals surface area contributed by atoms with Gasteiger partial charge in [-0.1, -0.05) is 12.5 Å². The molecule has 3 rings (SSSR count). The summed E-state index contributed by atoms with van der Waals surface area (Å²) in [5.74, 6) is -0.280. The van der Waals surface area contributed by atoms with E-state index in [1.54, 1.807) is 12.1 Å². The molecule has 144 valence electrons. The van der Waals surface area contributed by atoms with Crippen molar-refractivity contribution in [3.8, 4) is 0 Å². The van der Waals surface area contributed by atoms with E-state index in [1.807, 2.05) is 0 Å². The van der Waals surface area contributed by atoms with Gasteiger partial charge in [0.1, 0.15) is 0 Å². The Hall–Kier alpha value is -1.45. The van der Waals surface area contributed by atoms with E-state index in [4.69, 9.17) is 0 Å². The first-order valence-electron chi connectivity index (χ1n) is 8.87. The van der Waals surface area contributed by atoms with Gasteiger partial charge in [-0.3, -0.25) is 4.79 Å². The van der Waals surface area contributed by atoms with Crippen molar-refractivity contribution in [3.63, 3.8) is 0 Å². The van der Waals surface area contributed by atoms with Crippen molar-refractivity contribution in [2.45, 2.75) is 37.0 Å². The fraction of sp³-hybridized carbons (Fsp3) is 0.588. The van der Waals surface area contributed by atoms with Crippen LogP contribution in [0.25, 0.3) is 0 Å². The standard InChI is InChI=1S/C17H24N2O5S2/c20-17(11-14-7-10-25(21,22)13-14)18-15-5-4-6-16(12-15)26(23,24)19-8-2-1-3-9-19/h4-6,12,14H,1-3,7-11,13H2,(H,18,20)/t14-/m1/s1. The Morgan fingerprint density at radius 1 is 1.19 bits per heavy atom. The van der Waals surface area contributed by atoms with Crippen LogP contribution >= 0.6 is 0 Å². The molecule has 0 bridgehead atoms. The summed E-state index contributed by atoms with van der Waals surface area (Å²) in [7, 11) is -6.57. The molecule has 2 aliphatic rings. The van der Waals surface area contributed by atoms with E-state index in [1.165, 1.54) is 16.4 Å². The molecule has 0 radical (unpaired) electrons. The fourth-order valence-electron chi connectivity index (χ4n) is 3.50. The van der Waals surface area contributed by atoms with Crippen LogP contribution in [0.2, 0.25) is 0 Å². The molecule has 0 aliphatic carbocycles. The number of nitrogens with zero attached hydrogens (tertiary/aromatic N) is 1. The Balaban J connectivity index is 1.66. The van der Waals surface area contributed by atoms with Crippen LogP contribution in [-0.4, -0.2) is 51.6 Å². The number of amides is 1. The highest BCUT2D eigenvalue weighted by molar-refractivity contribution is 7.91. The number of nitrogens with one attached hydrogen (secondary N) is 1. The minimum atomic E-state index is -3.56. The second kappa shape index (κ2) is 7.66. The number of piperidine rings is 1. The predicted octanol–water partition coefficient (Wildman–Crippen LogP) is 1.62. The maximum absolute atomic E-state index is 12.7. The van der Waals surface area contributed by atoms with Gasteiger partial charge in [-0.2, -0.15) is 4.31 Å². The highest BCUT2D eigenvalue weighted by Crippen LogP contribution is 2.24. The second-order valence-electron chi connectivity index (χ2n) is 7.01. The summed E-state index contributed by atoms with van der Waals surface area (Å²) in [5.41, 5.74) is 0.411. The molecular weight excluding hydrogens is 376 g/mol. The van der Waals surface area contributed by atoms with Crippen molar-refractivity contribution < 1.29 is 21.6 Å². The second-order valence-corrected chi connectivity index (χ2v) is 11.2. The molecule has 26 heavy (non-hydrogen) atoms. The van der Waals surface area contributed by atoms with Crippen LogP contribution in [-0.2, 0) is 24.7 Å². The van der Waals surface area contributed by atoms with Gasteiger partial charge in [-0.25, -0.2) is 16.8 Å². The van der Waals surface area contributed by atoms with Gasteiger partial charge < -0.3 is 5.32 Å². The quantitative estimate of drug-likeness (QED) is 0.809. The van der Waals surface area contributed by atoms with Crippen LogP contribution in [0.15, 0.2) is 29.2 Å². The zero-order valence-corrected chi connectivity index (χ0v) is 16.2. The van der Waals surface area contributed by atoms with Crippen LogP contribution < -0.4 is 5.32 Å². The smallest absolute Gasteiger partial charge is 0.243 e. The fourth-order valence-corrected chi connectivity index (χ4v) is 6.92. The molecule has 1 N–H and O–H groups in total. The first-order valence-corrected chi connectivity index (χ1v) is 12.1. The largest absolute Gasteiger partial charge is 0.326 e. The lowest BCUT2D eigenvalue weighted by atomic mass is 10.1. The molecule has 1 amide bonds. The molecule has 1 aromatic carbocycles. The van der Waals surface area contributed by atoms with Crippen molar-refractivity contribution in [2.75, 3.05) is 29.9 Å². The molecule has 2 saturated heterocycles. The Bertz CT molecular complexity index is 874. The number of anilines is 1. The SMILES string of the molecule is O=C(C[C@H]1CCS(=O)(=O)C1)Nc1cccc(S(=O)(=O)N2CCCCC2)c1. The third-order valence-electron chi connectivity index (χ3n) is 4.87. The summed E-state index contributed by atoms with van der Waals surface area (Å²) in [6.07, 6.45) is 3.39. The predicted molar refractivity (Wildman–Crippen MR) is 99.1 cm³/mol. The third-order valence-corrected chi connectivity index (χ3v) is 8.60. The van der Waals surface area contributed by atoms with Gasteiger partial charge in [0, 0.05) is 25.2 Å². The van der Waals surface area contributed by atoms with Crippen LogP contribution in [0.1, 0.15) is 32.1 Å². The number of hydrogen-bond acceptors (Lipinski definition) is 5. The van der Waals surface area contributed by atoms with Crippen LogP contribution in [0.4, 0.5) is 5.69 Å². The lowest BCUT2D eigenvalue weighted by Crippen LogP contribution is -2.35. The van der Waals surface area contributed by atoms with E-state index < -0.39 is 19.9 Å². The Kier molecular flexibility index (Phi) is 5.69. The Labute approximate surface area is 154 Å². The molecule has 2 heterocycles. The summed E-state index contributed by atoms with van der Waals surface area (Å²) in [6, 6.07) is 6.24. The van der Waals surface area contributed by atoms with E-state index in [0.717, 1.165) is 19.3 Å². The summed E-state index contributed by atoms with van der Waals surface area (Å²) in [5, 5.41) is 2.69. The molecule has 2 aliphatic heterocycles. The molecule has 1 aromatic rings. The van der Waals surface area contributed by atoms with Gasteiger partial charge in [0.15, 0.2) is 9.84 Å². The van der Waals surface area contributed by atoms with Crippen molar-refractivity contribution in [1.82, 2.24) is 4.31 Å². The van der Waals surface area contributed by atoms with Crippen molar-refractivity contribution in [2.24, 2.45) is 5.92 Å². The summed E-state index contributed by atoms with van der Waals surface area (Å²) in [4.78, 5) is 12.3. The molecule has 0 aromatic heterocycles. The molecule has 1 atom stereocenters. The van der Waals surface area contributed by atoms with Crippen molar-refractivity contribution in [1.29, 1.82) is 0 Å². The van der Waals surface area contributed by atoms with E-state index in [-0.39, 0.29) is 34.6 Å². The summed E-state index contributed by atoms with van der Waals surface area (Å²) < 4.78 is 49.9. The average molecular weight is 401 g/mol. The van der Waals surface area contributed by atoms with E-state index in [0.29, 0.717) is 25.2 Å². The zero-order valence-electron chi connectivity index (χ0n) is 14.6. The number of carbonyl (C=O) groups excluding carboxylic acids is 1. The molecule has 0 unspecified atom stereocenters. The number of sulfonamides is 1. The molecule has 9 heteroatoms. The maximum atomic E-state index is 12.7. The lowest BCUT2D eigenvalue weighted by Gasteiger charge is -2.26. The normalized spacial score (nSPS) is 23.6. The van der Waals surface area contributed by atoms with Gasteiger partial charge in [0.2, 0.25) is 15.9 Å². The topological polar surface area (TPSA) is 101 Å². The van der Waals surface area contributed by atoms with E-state index in [9.17, 15) is 21.6 Å². The van der Waals surface area contributed by atoms with Gasteiger partial charge in [-0.15, -0.1) is 0 Å². The van der Waals surface area contributed by atoms with Crippen molar-refractivity contribution >= 4 is 31.5 Å². The number of benzene rings is 1. The van der Waals surface area contributed by atoms with Crippen LogP contribution in [0.5, 0.6) is 0 Å². The van der Waals surface area contributed by atoms with Crippen molar-refractivity contribution in [3.05, 3.63) is 24.3 Å². The molecule has 0 spiro atoms. The number of sulfone groups is 1. The minimum absolute atomic E-state index is 0.0454. The Morgan fingerprint density at radius 2 is 1.92 bits per heavy atom.